The Morgan fingerprint density at radius 3 is 1.46 bits per heavy atom. The van der Waals surface area contributed by atoms with E-state index in [-0.39, 0.29) is 42.2 Å². The zero-order valence-electron chi connectivity index (χ0n) is 30.2. The highest BCUT2D eigenvalue weighted by atomic mass is 19.4. The topological polar surface area (TPSA) is 177 Å². The van der Waals surface area contributed by atoms with Gasteiger partial charge in [-0.25, -0.2) is 4.79 Å². The van der Waals surface area contributed by atoms with Crippen LogP contribution in [0.1, 0.15) is 45.7 Å². The monoisotopic (exact) mass is 798 g/mol. The van der Waals surface area contributed by atoms with Gasteiger partial charge in [0.25, 0.3) is 5.91 Å². The van der Waals surface area contributed by atoms with Crippen molar-refractivity contribution in [1.29, 1.82) is 0 Å². The number of benzene rings is 4. The first-order chi connectivity index (χ1) is 26.9. The molecular weight excluding hydrogens is 762 g/mol. The highest BCUT2D eigenvalue weighted by Gasteiger charge is 2.31. The van der Waals surface area contributed by atoms with Gasteiger partial charge in [-0.1, -0.05) is 24.3 Å². The maximum atomic E-state index is 12.7. The van der Waals surface area contributed by atoms with Crippen molar-refractivity contribution in [3.63, 3.8) is 0 Å². The van der Waals surface area contributed by atoms with E-state index in [0.29, 0.717) is 38.9 Å². The van der Waals surface area contributed by atoms with Crippen molar-refractivity contribution < 1.29 is 60.7 Å². The summed E-state index contributed by atoms with van der Waals surface area (Å²) in [6.45, 7) is 3.32. The number of amides is 1. The fourth-order valence-electron chi connectivity index (χ4n) is 4.70. The lowest BCUT2D eigenvalue weighted by Crippen LogP contribution is -2.35. The maximum absolute atomic E-state index is 12.7. The molecule has 2 atom stereocenters. The largest absolute Gasteiger partial charge is 0.478 e. The Labute approximate surface area is 321 Å². The third-order valence-electron chi connectivity index (χ3n) is 7.62. The second kappa shape index (κ2) is 19.0. The number of carboxylic acid groups (broad SMARTS) is 1. The summed E-state index contributed by atoms with van der Waals surface area (Å²) in [5.74, 6) is -0.332. The number of carboxylic acids is 1. The number of aromatic nitrogens is 2. The van der Waals surface area contributed by atoms with Crippen molar-refractivity contribution in [2.24, 2.45) is 5.73 Å². The quantitative estimate of drug-likeness (QED) is 0.0896. The first-order valence-electron chi connectivity index (χ1n) is 16.9. The van der Waals surface area contributed by atoms with Gasteiger partial charge in [0.15, 0.2) is 11.5 Å². The molecule has 0 saturated heterocycles. The van der Waals surface area contributed by atoms with Crippen LogP contribution in [-0.2, 0) is 12.4 Å². The third-order valence-corrected chi connectivity index (χ3v) is 7.62. The minimum absolute atomic E-state index is 0.0363. The van der Waals surface area contributed by atoms with E-state index < -0.39 is 35.5 Å². The molecule has 0 aliphatic heterocycles. The van der Waals surface area contributed by atoms with Gasteiger partial charge in [0.2, 0.25) is 0 Å². The van der Waals surface area contributed by atoms with Crippen LogP contribution in [-0.4, -0.2) is 62.5 Å². The Bertz CT molecular complexity index is 2290. The number of nitrogens with one attached hydrogen (secondary N) is 1. The maximum Gasteiger partial charge on any atom is 0.416 e. The molecule has 4 aromatic carbocycles. The number of hydrogen-bond donors (Lipinski definition) is 5. The Kier molecular flexibility index (Phi) is 14.5. The normalized spacial score (nSPS) is 12.3. The summed E-state index contributed by atoms with van der Waals surface area (Å²) in [4.78, 5) is 31.5. The highest BCUT2D eigenvalue weighted by molar-refractivity contribution is 5.98. The summed E-state index contributed by atoms with van der Waals surface area (Å²) in [5.41, 5.74) is 4.76. The van der Waals surface area contributed by atoms with Crippen molar-refractivity contribution in [1.82, 2.24) is 15.3 Å². The van der Waals surface area contributed by atoms with Crippen molar-refractivity contribution in [3.05, 3.63) is 132 Å². The van der Waals surface area contributed by atoms with Crippen LogP contribution in [0.4, 0.5) is 26.3 Å². The summed E-state index contributed by atoms with van der Waals surface area (Å²) in [6.07, 6.45) is -6.25. The van der Waals surface area contributed by atoms with Gasteiger partial charge in [0.05, 0.1) is 35.5 Å². The van der Waals surface area contributed by atoms with Gasteiger partial charge in [0.1, 0.15) is 22.5 Å². The Morgan fingerprint density at radius 1 is 0.684 bits per heavy atom. The minimum atomic E-state index is -4.41. The molecular formula is C40H36F6N4O7. The van der Waals surface area contributed by atoms with Crippen LogP contribution < -0.4 is 20.5 Å². The molecule has 0 saturated carbocycles. The molecule has 6 N–H and O–H groups in total. The Hall–Kier alpha value is -6.30. The predicted molar refractivity (Wildman–Crippen MR) is 198 cm³/mol. The number of hydrogen-bond acceptors (Lipinski definition) is 9. The van der Waals surface area contributed by atoms with Gasteiger partial charge >= 0.3 is 18.3 Å². The van der Waals surface area contributed by atoms with Crippen molar-refractivity contribution >= 4 is 33.7 Å². The van der Waals surface area contributed by atoms with Crippen molar-refractivity contribution in [3.8, 4) is 23.0 Å². The highest BCUT2D eigenvalue weighted by Crippen LogP contribution is 2.35. The Morgan fingerprint density at radius 2 is 1.09 bits per heavy atom. The van der Waals surface area contributed by atoms with Crippen LogP contribution in [0.3, 0.4) is 0 Å². The lowest BCUT2D eigenvalue weighted by atomic mass is 10.1. The lowest BCUT2D eigenvalue weighted by Gasteiger charge is -2.12. The average molecular weight is 799 g/mol. The molecule has 11 nitrogen and oxygen atoms in total. The lowest BCUT2D eigenvalue weighted by molar-refractivity contribution is -0.138. The number of aliphatic hydroxyl groups is 2. The zero-order valence-corrected chi connectivity index (χ0v) is 30.2. The van der Waals surface area contributed by atoms with Gasteiger partial charge in [-0.05, 0) is 86.6 Å². The number of nitrogens with zero attached hydrogens (tertiary/aromatic N) is 2. The summed E-state index contributed by atoms with van der Waals surface area (Å²) < 4.78 is 86.9. The summed E-state index contributed by atoms with van der Waals surface area (Å²) in [7, 11) is 0. The first kappa shape index (κ1) is 43.4. The second-order valence-electron chi connectivity index (χ2n) is 12.4. The molecule has 0 spiro atoms. The number of fused-ring (bicyclic) bond motifs is 2. The predicted octanol–water partition coefficient (Wildman–Crippen LogP) is 8.23. The van der Waals surface area contributed by atoms with Gasteiger partial charge in [-0.2, -0.15) is 26.3 Å². The van der Waals surface area contributed by atoms with Crippen molar-refractivity contribution in [2.45, 2.75) is 38.3 Å². The second-order valence-corrected chi connectivity index (χ2v) is 12.4. The van der Waals surface area contributed by atoms with Crippen LogP contribution in [0.15, 0.2) is 109 Å². The van der Waals surface area contributed by atoms with Crippen LogP contribution in [0, 0.1) is 0 Å². The average Bonchev–Trinajstić information content (AvgIpc) is 3.17. The smallest absolute Gasteiger partial charge is 0.416 e. The number of nitrogens with two attached hydrogens (primary N) is 1. The molecule has 300 valence electrons. The molecule has 0 bridgehead atoms. The molecule has 2 aromatic heterocycles. The van der Waals surface area contributed by atoms with Crippen LogP contribution in [0.25, 0.3) is 21.8 Å². The Balaban J connectivity index is 0.000000228. The van der Waals surface area contributed by atoms with Gasteiger partial charge in [0, 0.05) is 35.2 Å². The molecule has 0 unspecified atom stereocenters. The fourth-order valence-corrected chi connectivity index (χ4v) is 4.70. The number of pyridine rings is 2. The van der Waals surface area contributed by atoms with Crippen LogP contribution in [0.2, 0.25) is 0 Å². The number of aromatic carboxylic acids is 1. The first-order valence-corrected chi connectivity index (χ1v) is 16.9. The summed E-state index contributed by atoms with van der Waals surface area (Å²) in [5, 5.41) is 29.8. The van der Waals surface area contributed by atoms with E-state index in [4.69, 9.17) is 30.5 Å². The molecule has 17 heteroatoms. The third kappa shape index (κ3) is 12.3. The van der Waals surface area contributed by atoms with E-state index in [0.717, 1.165) is 24.3 Å². The van der Waals surface area contributed by atoms with Gasteiger partial charge < -0.3 is 35.8 Å². The number of alkyl halides is 6. The summed E-state index contributed by atoms with van der Waals surface area (Å²) in [6, 6.07) is 21.3. The van der Waals surface area contributed by atoms with E-state index in [1.165, 1.54) is 42.7 Å². The number of para-hydroxylation sites is 2. The van der Waals surface area contributed by atoms with E-state index in [9.17, 15) is 35.9 Å². The molecule has 1 amide bonds. The molecule has 0 fully saturated rings. The molecule has 0 radical (unpaired) electrons. The molecule has 2 heterocycles. The zero-order chi connectivity index (χ0) is 41.9. The van der Waals surface area contributed by atoms with Crippen LogP contribution in [0.5, 0.6) is 23.0 Å². The van der Waals surface area contributed by atoms with Gasteiger partial charge in [-0.15, -0.1) is 0 Å². The number of aliphatic hydroxyl groups excluding tert-OH is 2. The van der Waals surface area contributed by atoms with E-state index in [1.807, 2.05) is 0 Å². The number of carbonyl (C=O) groups is 2. The van der Waals surface area contributed by atoms with Crippen LogP contribution >= 0.6 is 0 Å². The summed E-state index contributed by atoms with van der Waals surface area (Å²) >= 11 is 0. The number of halogens is 6. The number of ether oxygens (including phenoxy) is 2. The molecule has 6 rings (SSSR count). The van der Waals surface area contributed by atoms with E-state index >= 15 is 0 Å². The molecule has 6 aromatic rings. The van der Waals surface area contributed by atoms with E-state index in [2.05, 4.69) is 15.3 Å². The fraction of sp³-hybridized carbons (Fsp3) is 0.200. The minimum Gasteiger partial charge on any atom is -0.478 e. The number of rotatable bonds is 9. The van der Waals surface area contributed by atoms with Gasteiger partial charge in [-0.3, -0.25) is 14.8 Å². The SMILES string of the molecule is C[C@@H](N)CO.C[C@H](CO)NC(=O)c1cnc2c(Oc3ccc(C(F)(F)F)cc3)cccc2c1.O=C(O)c1cnc2c(Oc3ccc(C(F)(F)F)cc3)cccc2c1. The molecule has 57 heavy (non-hydrogen) atoms. The molecule has 0 aliphatic carbocycles. The number of carbonyl (C=O) groups excluding carboxylic acids is 1. The molecule has 0 aliphatic rings. The van der Waals surface area contributed by atoms with E-state index in [1.54, 1.807) is 56.3 Å². The standard InChI is InChI=1S/C20H17F3N2O3.C17H10F3NO3.C3H9NO/c1-12(11-26)25-19(27)14-9-13-3-2-4-17(18(13)24-10-14)28-16-7-5-15(6-8-16)20(21,22)23;18-17(19,20)12-4-6-13(7-5-12)24-14-3-1-2-10-8-11(16(22)23)9-21-15(10)14;1-3(4)2-5/h2-10,12,26H,11H2,1H3,(H,25,27);1-9H,(H,22,23);3,5H,2,4H2,1H3/t12-;;3-/m1.1/s1. The van der Waals surface area contributed by atoms with Crippen molar-refractivity contribution in [2.75, 3.05) is 13.2 Å².